The van der Waals surface area contributed by atoms with E-state index in [0.717, 1.165) is 34.0 Å². The van der Waals surface area contributed by atoms with Gasteiger partial charge in [0, 0.05) is 21.6 Å². The van der Waals surface area contributed by atoms with E-state index in [1.165, 1.54) is 0 Å². The SMILES string of the molecule is N#CSc1ccc2c(c1)C(=O)OC21c2ccc(O)cc2Cc2cc(O)ccc21. The van der Waals surface area contributed by atoms with E-state index in [9.17, 15) is 15.0 Å². The fraction of sp³-hybridized carbons (Fsp3) is 0.0909. The molecule has 6 heteroatoms. The van der Waals surface area contributed by atoms with Gasteiger partial charge in [-0.1, -0.05) is 18.2 Å². The van der Waals surface area contributed by atoms with Gasteiger partial charge in [-0.05, 0) is 65.7 Å². The van der Waals surface area contributed by atoms with E-state index in [0.29, 0.717) is 22.4 Å². The maximum absolute atomic E-state index is 12.8. The maximum Gasteiger partial charge on any atom is 0.340 e. The quantitative estimate of drug-likeness (QED) is 0.372. The van der Waals surface area contributed by atoms with Crippen LogP contribution in [0.5, 0.6) is 11.5 Å². The number of phenolic OH excluding ortho intramolecular Hbond substituents is 2. The molecule has 0 fully saturated rings. The first-order chi connectivity index (χ1) is 13.5. The van der Waals surface area contributed by atoms with Gasteiger partial charge in [0.05, 0.1) is 5.56 Å². The van der Waals surface area contributed by atoms with Crippen LogP contribution in [0, 0.1) is 10.7 Å². The Labute approximate surface area is 164 Å². The van der Waals surface area contributed by atoms with Crippen LogP contribution >= 0.6 is 11.8 Å². The van der Waals surface area contributed by atoms with Gasteiger partial charge in [-0.25, -0.2) is 4.79 Å². The molecule has 1 aliphatic heterocycles. The van der Waals surface area contributed by atoms with Crippen LogP contribution in [-0.4, -0.2) is 16.2 Å². The van der Waals surface area contributed by atoms with Gasteiger partial charge in [0.2, 0.25) is 0 Å². The first-order valence-electron chi connectivity index (χ1n) is 8.61. The molecule has 136 valence electrons. The summed E-state index contributed by atoms with van der Waals surface area (Å²) in [6.45, 7) is 0. The Morgan fingerprint density at radius 2 is 1.54 bits per heavy atom. The van der Waals surface area contributed by atoms with Gasteiger partial charge in [0.15, 0.2) is 5.60 Å². The van der Waals surface area contributed by atoms with Gasteiger partial charge in [-0.3, -0.25) is 0 Å². The maximum atomic E-state index is 12.8. The molecular weight excluding hydrogens is 374 g/mol. The summed E-state index contributed by atoms with van der Waals surface area (Å²) in [4.78, 5) is 13.5. The Hall–Kier alpha value is -3.43. The van der Waals surface area contributed by atoms with Crippen LogP contribution in [0.15, 0.2) is 59.5 Å². The number of aromatic hydroxyl groups is 2. The lowest BCUT2D eigenvalue weighted by Gasteiger charge is -2.37. The molecule has 0 unspecified atom stereocenters. The molecule has 0 radical (unpaired) electrons. The Bertz CT molecular complexity index is 1160. The minimum Gasteiger partial charge on any atom is -0.508 e. The number of fused-ring (bicyclic) bond motifs is 6. The third-order valence-corrected chi connectivity index (χ3v) is 5.90. The molecule has 0 saturated heterocycles. The minimum absolute atomic E-state index is 0.128. The van der Waals surface area contributed by atoms with Crippen molar-refractivity contribution >= 4 is 17.7 Å². The smallest absolute Gasteiger partial charge is 0.340 e. The van der Waals surface area contributed by atoms with E-state index in [2.05, 4.69) is 0 Å². The van der Waals surface area contributed by atoms with Crippen LogP contribution in [0.25, 0.3) is 0 Å². The summed E-state index contributed by atoms with van der Waals surface area (Å²) < 4.78 is 6.03. The fourth-order valence-corrected chi connectivity index (χ4v) is 4.67. The Morgan fingerprint density at radius 3 is 2.14 bits per heavy atom. The molecule has 2 aliphatic rings. The van der Waals surface area contributed by atoms with Gasteiger partial charge in [-0.15, -0.1) is 0 Å². The number of nitrogens with zero attached hydrogens (tertiary/aromatic N) is 1. The molecule has 0 atom stereocenters. The van der Waals surface area contributed by atoms with Gasteiger partial charge >= 0.3 is 5.97 Å². The zero-order valence-electron chi connectivity index (χ0n) is 14.5. The zero-order valence-corrected chi connectivity index (χ0v) is 15.3. The number of phenols is 2. The van der Waals surface area contributed by atoms with Crippen molar-refractivity contribution < 1.29 is 19.7 Å². The summed E-state index contributed by atoms with van der Waals surface area (Å²) in [7, 11) is 0. The molecule has 3 aromatic carbocycles. The molecule has 3 aromatic rings. The lowest BCUT2D eigenvalue weighted by Crippen LogP contribution is -2.34. The highest BCUT2D eigenvalue weighted by Crippen LogP contribution is 2.53. The predicted octanol–water partition coefficient (Wildman–Crippen LogP) is 4.04. The number of thioether (sulfide) groups is 1. The molecule has 0 saturated carbocycles. The molecule has 0 amide bonds. The van der Waals surface area contributed by atoms with Gasteiger partial charge in [-0.2, -0.15) is 5.26 Å². The molecule has 0 bridgehead atoms. The summed E-state index contributed by atoms with van der Waals surface area (Å²) in [5, 5.41) is 30.9. The van der Waals surface area contributed by atoms with Crippen LogP contribution in [-0.2, 0) is 16.8 Å². The number of rotatable bonds is 1. The summed E-state index contributed by atoms with van der Waals surface area (Å²) >= 11 is 0.985. The standard InChI is InChI=1S/C22H13NO4S/c23-11-28-16-3-6-20-17(10-16)21(26)27-22(20)18-4-1-14(24)8-12(18)7-13-9-15(25)2-5-19(13)22/h1-6,8-10,24-25H,7H2. The third-order valence-electron chi connectivity index (χ3n) is 5.32. The number of carbonyl (C=O) groups excluding carboxylic acids is 1. The molecule has 5 nitrogen and oxygen atoms in total. The van der Waals surface area contributed by atoms with Crippen LogP contribution in [0.1, 0.15) is 38.2 Å². The molecule has 2 N–H and O–H groups in total. The van der Waals surface area contributed by atoms with E-state index >= 15 is 0 Å². The Kier molecular flexibility index (Phi) is 3.45. The van der Waals surface area contributed by atoms with E-state index in [-0.39, 0.29) is 11.5 Å². The number of hydrogen-bond acceptors (Lipinski definition) is 6. The second-order valence-electron chi connectivity index (χ2n) is 6.83. The lowest BCUT2D eigenvalue weighted by molar-refractivity contribution is 0.0240. The van der Waals surface area contributed by atoms with Crippen molar-refractivity contribution in [2.75, 3.05) is 0 Å². The van der Waals surface area contributed by atoms with Crippen molar-refractivity contribution in [3.8, 4) is 16.9 Å². The molecule has 5 rings (SSSR count). The Morgan fingerprint density at radius 1 is 0.929 bits per heavy atom. The number of hydrogen-bond donors (Lipinski definition) is 2. The number of nitriles is 1. The normalized spacial score (nSPS) is 15.3. The zero-order chi connectivity index (χ0) is 19.5. The number of esters is 1. The fourth-order valence-electron chi connectivity index (χ4n) is 4.25. The highest BCUT2D eigenvalue weighted by atomic mass is 32.2. The largest absolute Gasteiger partial charge is 0.508 e. The third kappa shape index (κ3) is 2.17. The van der Waals surface area contributed by atoms with Crippen LogP contribution in [0.2, 0.25) is 0 Å². The highest BCUT2D eigenvalue weighted by molar-refractivity contribution is 8.03. The van der Waals surface area contributed by atoms with Crippen molar-refractivity contribution in [1.29, 1.82) is 5.26 Å². The van der Waals surface area contributed by atoms with E-state index in [1.807, 2.05) is 11.5 Å². The monoisotopic (exact) mass is 387 g/mol. The van der Waals surface area contributed by atoms with Crippen molar-refractivity contribution in [2.24, 2.45) is 0 Å². The van der Waals surface area contributed by atoms with Gasteiger partial charge in [0.25, 0.3) is 0 Å². The molecular formula is C22H13NO4S. The number of thiocyanates is 1. The van der Waals surface area contributed by atoms with Gasteiger partial charge in [0.1, 0.15) is 16.9 Å². The summed E-state index contributed by atoms with van der Waals surface area (Å²) in [5.74, 6) is -0.207. The summed E-state index contributed by atoms with van der Waals surface area (Å²) in [6.07, 6.45) is 0.504. The average Bonchev–Trinajstić information content (AvgIpc) is 2.94. The van der Waals surface area contributed by atoms with E-state index in [1.54, 1.807) is 48.5 Å². The molecule has 1 aliphatic carbocycles. The van der Waals surface area contributed by atoms with Crippen molar-refractivity contribution in [2.45, 2.75) is 16.9 Å². The second-order valence-corrected chi connectivity index (χ2v) is 7.69. The first-order valence-corrected chi connectivity index (χ1v) is 9.43. The van der Waals surface area contributed by atoms with Crippen molar-refractivity contribution in [1.82, 2.24) is 0 Å². The van der Waals surface area contributed by atoms with Crippen molar-refractivity contribution in [3.63, 3.8) is 0 Å². The van der Waals surface area contributed by atoms with Crippen LogP contribution in [0.3, 0.4) is 0 Å². The predicted molar refractivity (Wildman–Crippen MR) is 102 cm³/mol. The first kappa shape index (κ1) is 16.7. The minimum atomic E-state index is -1.15. The topological polar surface area (TPSA) is 90.6 Å². The van der Waals surface area contributed by atoms with Crippen molar-refractivity contribution in [3.05, 3.63) is 88.0 Å². The molecule has 28 heavy (non-hydrogen) atoms. The molecule has 0 aromatic heterocycles. The van der Waals surface area contributed by atoms with E-state index < -0.39 is 11.6 Å². The van der Waals surface area contributed by atoms with Crippen LogP contribution < -0.4 is 0 Å². The summed E-state index contributed by atoms with van der Waals surface area (Å²) in [5.41, 5.74) is 3.20. The van der Waals surface area contributed by atoms with Gasteiger partial charge < -0.3 is 14.9 Å². The highest BCUT2D eigenvalue weighted by Gasteiger charge is 2.52. The number of carbonyl (C=O) groups is 1. The van der Waals surface area contributed by atoms with Crippen LogP contribution in [0.4, 0.5) is 0 Å². The molecule has 1 heterocycles. The number of ether oxygens (including phenoxy) is 1. The second kappa shape index (κ2) is 5.78. The number of benzene rings is 3. The average molecular weight is 387 g/mol. The lowest BCUT2D eigenvalue weighted by atomic mass is 9.71. The summed E-state index contributed by atoms with van der Waals surface area (Å²) in [6, 6.07) is 15.3. The Balaban J connectivity index is 1.84. The van der Waals surface area contributed by atoms with E-state index in [4.69, 9.17) is 10.00 Å². The molecule has 1 spiro atoms.